The zero-order valence-electron chi connectivity index (χ0n) is 39.7. The highest BCUT2D eigenvalue weighted by atomic mass is 32.1. The monoisotopic (exact) mass is 825 g/mol. The molecule has 0 N–H and O–H groups in total. The van der Waals surface area contributed by atoms with E-state index in [2.05, 4.69) is 189 Å². The molecular formula is C45H41B14N3OS. The minimum absolute atomic E-state index is 0.651. The topological polar surface area (TPSA) is 51.8 Å². The SMILES string of the molecule is Bc1c(B)c(B)c2c(oc3c(B)c(B)c(-c4nc(-c5cccc(-c6cccc(-c7ccccc7)c6)c5)nc(-c5c(B)c(B)c(B)c6sc7c(B)c(B)c(B)c(B)c7c56)n4)c(B)c32)c1B. The predicted molar refractivity (Wildman–Crippen MR) is 322 cm³/mol. The number of thiophene rings is 1. The van der Waals surface area contributed by atoms with E-state index in [1.54, 1.807) is 0 Å². The van der Waals surface area contributed by atoms with Gasteiger partial charge in [-0.05, 0) is 39.8 Å². The molecule has 10 rings (SSSR count). The Labute approximate surface area is 392 Å². The van der Waals surface area contributed by atoms with Gasteiger partial charge >= 0.3 is 0 Å². The Bertz CT molecular complexity index is 3690. The lowest BCUT2D eigenvalue weighted by atomic mass is 9.64. The van der Waals surface area contributed by atoms with Gasteiger partial charge in [0.1, 0.15) is 121 Å². The first-order valence-corrected chi connectivity index (χ1v) is 23.3. The van der Waals surface area contributed by atoms with Crippen LogP contribution in [0.15, 0.2) is 83.3 Å². The summed E-state index contributed by atoms with van der Waals surface area (Å²) in [6.07, 6.45) is 0. The van der Waals surface area contributed by atoms with Crippen molar-refractivity contribution in [2.24, 2.45) is 0 Å². The Morgan fingerprint density at radius 1 is 0.312 bits per heavy atom. The first-order chi connectivity index (χ1) is 30.6. The molecule has 290 valence electrons. The van der Waals surface area contributed by atoms with E-state index in [9.17, 15) is 0 Å². The summed E-state index contributed by atoms with van der Waals surface area (Å²) in [7, 11) is 31.4. The Hall–Kier alpha value is -5.52. The molecule has 3 heterocycles. The fourth-order valence-corrected chi connectivity index (χ4v) is 11.8. The van der Waals surface area contributed by atoms with E-state index < -0.39 is 0 Å². The van der Waals surface area contributed by atoms with Crippen molar-refractivity contribution in [2.45, 2.75) is 0 Å². The lowest BCUT2D eigenvalue weighted by Gasteiger charge is -2.19. The second kappa shape index (κ2) is 15.6. The van der Waals surface area contributed by atoms with Crippen LogP contribution in [0.5, 0.6) is 0 Å². The van der Waals surface area contributed by atoms with E-state index >= 15 is 0 Å². The van der Waals surface area contributed by atoms with Crippen molar-refractivity contribution in [3.8, 4) is 56.4 Å². The number of hydrogen-bond donors (Lipinski definition) is 0. The molecule has 0 unspecified atom stereocenters. The molecule has 0 saturated heterocycles. The number of aromatic nitrogens is 3. The zero-order chi connectivity index (χ0) is 45.2. The molecular weight excluding hydrogens is 782 g/mol. The highest BCUT2D eigenvalue weighted by Crippen LogP contribution is 2.37. The van der Waals surface area contributed by atoms with Gasteiger partial charge in [-0.2, -0.15) is 0 Å². The van der Waals surface area contributed by atoms with E-state index in [-0.39, 0.29) is 0 Å². The summed E-state index contributed by atoms with van der Waals surface area (Å²) in [4.78, 5) is 16.7. The summed E-state index contributed by atoms with van der Waals surface area (Å²) in [5.74, 6) is 2.02. The van der Waals surface area contributed by atoms with Crippen molar-refractivity contribution in [3.05, 3.63) is 78.9 Å². The summed E-state index contributed by atoms with van der Waals surface area (Å²) >= 11 is 1.92. The Kier molecular flexibility index (Phi) is 10.3. The van der Waals surface area contributed by atoms with Gasteiger partial charge in [0.05, 0.1) is 0 Å². The largest absolute Gasteiger partial charge is 0.457 e. The standard InChI is InChI=1S/C45H41B14N3OS/c46-25-20-21-26(47)30(51)33(54)36(57)40(21)63-39(20)35(56)29(50)24(25)45-61-43(18-11-5-10-17(13-18)16-9-4-8-15(12-16)14-6-2-1-3-7-14)60-44(62-45)23-19-22-27(48)31(52)34(55)38(59)42(22)64-41(19)37(58)32(53)28(23)49/h1-13H,46-59H2. The maximum atomic E-state index is 6.87. The lowest BCUT2D eigenvalue weighted by molar-refractivity contribution is 0.675. The molecule has 0 aliphatic carbocycles. The van der Waals surface area contributed by atoms with Crippen molar-refractivity contribution in [2.75, 3.05) is 0 Å². The van der Waals surface area contributed by atoms with E-state index in [1.807, 2.05) is 11.3 Å². The first-order valence-electron chi connectivity index (χ1n) is 22.5. The summed E-state index contributed by atoms with van der Waals surface area (Å²) < 4.78 is 9.52. The van der Waals surface area contributed by atoms with Crippen LogP contribution < -0.4 is 76.5 Å². The van der Waals surface area contributed by atoms with Crippen molar-refractivity contribution in [1.82, 2.24) is 15.0 Å². The number of fused-ring (bicyclic) bond motifs is 6. The van der Waals surface area contributed by atoms with E-state index in [0.29, 0.717) is 17.5 Å². The van der Waals surface area contributed by atoms with Crippen LogP contribution in [0.25, 0.3) is 98.5 Å². The molecule has 0 bridgehead atoms. The summed E-state index contributed by atoms with van der Waals surface area (Å²) in [6, 6.07) is 28.1. The lowest BCUT2D eigenvalue weighted by Crippen LogP contribution is -2.47. The molecule has 4 nitrogen and oxygen atoms in total. The first kappa shape index (κ1) is 42.4. The third-order valence-electron chi connectivity index (χ3n) is 15.2. The van der Waals surface area contributed by atoms with Crippen LogP contribution in [0.2, 0.25) is 0 Å². The maximum Gasteiger partial charge on any atom is 0.164 e. The van der Waals surface area contributed by atoms with Gasteiger partial charge < -0.3 is 4.42 Å². The Balaban J connectivity index is 1.30. The average molecular weight is 823 g/mol. The van der Waals surface area contributed by atoms with Gasteiger partial charge in [-0.3, -0.25) is 0 Å². The van der Waals surface area contributed by atoms with Crippen LogP contribution >= 0.6 is 11.3 Å². The van der Waals surface area contributed by atoms with Crippen LogP contribution in [0, 0.1) is 0 Å². The van der Waals surface area contributed by atoms with Crippen LogP contribution in [-0.4, -0.2) is 125 Å². The molecule has 64 heavy (non-hydrogen) atoms. The molecule has 0 aliphatic heterocycles. The molecule has 0 aliphatic rings. The van der Waals surface area contributed by atoms with Crippen LogP contribution in [-0.2, 0) is 0 Å². The van der Waals surface area contributed by atoms with E-state index in [4.69, 9.17) is 19.4 Å². The molecule has 0 amide bonds. The number of benzene rings is 7. The van der Waals surface area contributed by atoms with Gasteiger partial charge in [0.25, 0.3) is 0 Å². The molecule has 19 heteroatoms. The van der Waals surface area contributed by atoms with Crippen molar-refractivity contribution in [3.63, 3.8) is 0 Å². The molecule has 7 aromatic carbocycles. The summed E-state index contributed by atoms with van der Waals surface area (Å²) in [5, 5.41) is 4.89. The molecule has 0 radical (unpaired) electrons. The molecule has 10 aromatic rings. The smallest absolute Gasteiger partial charge is 0.164 e. The van der Waals surface area contributed by atoms with Gasteiger partial charge in [0.2, 0.25) is 0 Å². The minimum atomic E-state index is 0.651. The van der Waals surface area contributed by atoms with Gasteiger partial charge in [-0.25, -0.2) is 15.0 Å². The minimum Gasteiger partial charge on any atom is -0.457 e. The highest BCUT2D eigenvalue weighted by molar-refractivity contribution is 7.28. The highest BCUT2D eigenvalue weighted by Gasteiger charge is 2.27. The number of furan rings is 1. The summed E-state index contributed by atoms with van der Waals surface area (Å²) in [5.41, 5.74) is 27.2. The van der Waals surface area contributed by atoms with Crippen molar-refractivity contribution in [1.29, 1.82) is 0 Å². The van der Waals surface area contributed by atoms with Gasteiger partial charge in [-0.1, -0.05) is 127 Å². The fourth-order valence-electron chi connectivity index (χ4n) is 10.4. The number of nitrogens with zero attached hydrogens (tertiary/aromatic N) is 3. The van der Waals surface area contributed by atoms with Gasteiger partial charge in [0, 0.05) is 42.2 Å². The van der Waals surface area contributed by atoms with Crippen LogP contribution in [0.1, 0.15) is 0 Å². The van der Waals surface area contributed by atoms with Crippen molar-refractivity contribution >= 4 is 240 Å². The van der Waals surface area contributed by atoms with Crippen LogP contribution in [0.4, 0.5) is 0 Å². The quantitative estimate of drug-likeness (QED) is 0.162. The van der Waals surface area contributed by atoms with Crippen molar-refractivity contribution < 1.29 is 4.42 Å². The van der Waals surface area contributed by atoms with Crippen LogP contribution in [0.3, 0.4) is 0 Å². The predicted octanol–water partition coefficient (Wildman–Crippen LogP) is -11.9. The number of hydrogen-bond acceptors (Lipinski definition) is 5. The second-order valence-electron chi connectivity index (χ2n) is 18.4. The van der Waals surface area contributed by atoms with E-state index in [1.165, 1.54) is 96.8 Å². The normalized spacial score (nSPS) is 11.7. The van der Waals surface area contributed by atoms with Gasteiger partial charge in [-0.15, -0.1) is 27.7 Å². The van der Waals surface area contributed by atoms with Gasteiger partial charge in [0.15, 0.2) is 17.5 Å². The fraction of sp³-hybridized carbons (Fsp3) is 0. The Morgan fingerprint density at radius 3 is 1.34 bits per heavy atom. The molecule has 0 spiro atoms. The third kappa shape index (κ3) is 6.27. The third-order valence-corrected chi connectivity index (χ3v) is 16.7. The second-order valence-corrected chi connectivity index (χ2v) is 19.4. The molecule has 3 aromatic heterocycles. The molecule has 0 atom stereocenters. The Morgan fingerprint density at radius 2 is 0.719 bits per heavy atom. The molecule has 0 saturated carbocycles. The summed E-state index contributed by atoms with van der Waals surface area (Å²) in [6.45, 7) is 0. The van der Waals surface area contributed by atoms with E-state index in [0.717, 1.165) is 60.8 Å². The zero-order valence-corrected chi connectivity index (χ0v) is 40.5. The maximum absolute atomic E-state index is 6.87. The molecule has 0 fully saturated rings. The number of rotatable bonds is 5. The average Bonchev–Trinajstić information content (AvgIpc) is 3.92.